The molecule has 1 fully saturated rings. The van der Waals surface area contributed by atoms with Crippen LogP contribution < -0.4 is 4.74 Å². The minimum atomic E-state index is -1.94. The van der Waals surface area contributed by atoms with E-state index in [1.54, 1.807) is 6.92 Å². The van der Waals surface area contributed by atoms with E-state index in [1.165, 1.54) is 18.2 Å². The van der Waals surface area contributed by atoms with Gasteiger partial charge in [0, 0.05) is 17.2 Å². The Labute approximate surface area is 235 Å². The maximum atomic E-state index is 13.4. The van der Waals surface area contributed by atoms with E-state index in [-0.39, 0.29) is 11.5 Å². The third kappa shape index (κ3) is 4.74. The van der Waals surface area contributed by atoms with Crippen LogP contribution in [0.4, 0.5) is 0 Å². The van der Waals surface area contributed by atoms with Crippen LogP contribution in [0.15, 0.2) is 30.3 Å². The van der Waals surface area contributed by atoms with E-state index in [9.17, 15) is 55.5 Å². The van der Waals surface area contributed by atoms with Gasteiger partial charge >= 0.3 is 11.9 Å². The second-order valence-corrected chi connectivity index (χ2v) is 9.65. The van der Waals surface area contributed by atoms with Crippen LogP contribution in [0.1, 0.15) is 26.3 Å². The molecule has 1 saturated heterocycles. The highest BCUT2D eigenvalue weighted by atomic mass is 16.7. The van der Waals surface area contributed by atoms with E-state index in [4.69, 9.17) is 18.9 Å². The Kier molecular flexibility index (Phi) is 7.01. The predicted octanol–water partition coefficient (Wildman–Crippen LogP) is 0.823. The van der Waals surface area contributed by atoms with E-state index in [2.05, 4.69) is 0 Å². The molecule has 9 N–H and O–H groups in total. The van der Waals surface area contributed by atoms with Crippen molar-refractivity contribution in [3.63, 3.8) is 0 Å². The van der Waals surface area contributed by atoms with Crippen molar-refractivity contribution in [3.05, 3.63) is 47.0 Å². The number of esters is 2. The van der Waals surface area contributed by atoms with Crippen LogP contribution in [0, 0.1) is 6.92 Å². The number of fused-ring (bicyclic) bond motifs is 4. The van der Waals surface area contributed by atoms with Crippen molar-refractivity contribution in [2.24, 2.45) is 0 Å². The fourth-order valence-corrected chi connectivity index (χ4v) is 4.75. The molecule has 42 heavy (non-hydrogen) atoms. The van der Waals surface area contributed by atoms with E-state index in [1.807, 2.05) is 0 Å². The zero-order valence-corrected chi connectivity index (χ0v) is 21.5. The Bertz CT molecular complexity index is 1580. The number of cyclic esters (lactones) is 1. The summed E-state index contributed by atoms with van der Waals surface area (Å²) in [6, 6.07) is 5.38. The van der Waals surface area contributed by atoms with Gasteiger partial charge < -0.3 is 64.9 Å². The van der Waals surface area contributed by atoms with Gasteiger partial charge in [-0.1, -0.05) is 0 Å². The number of rotatable bonds is 2. The number of carbonyl (C=O) groups excluding carboxylic acids is 2. The molecule has 15 nitrogen and oxygen atoms in total. The van der Waals surface area contributed by atoms with Crippen LogP contribution in [0.2, 0.25) is 0 Å². The van der Waals surface area contributed by atoms with Gasteiger partial charge in [-0.3, -0.25) is 0 Å². The van der Waals surface area contributed by atoms with E-state index >= 15 is 0 Å². The van der Waals surface area contributed by atoms with Gasteiger partial charge in [-0.25, -0.2) is 9.59 Å². The predicted molar refractivity (Wildman–Crippen MR) is 135 cm³/mol. The fraction of sp³-hybridized carbons (Fsp3) is 0.259. The number of benzene rings is 3. The Morgan fingerprint density at radius 1 is 0.738 bits per heavy atom. The van der Waals surface area contributed by atoms with Gasteiger partial charge in [0.15, 0.2) is 29.1 Å². The summed E-state index contributed by atoms with van der Waals surface area (Å²) in [7, 11) is 0. The molecule has 0 amide bonds. The Hall–Kier alpha value is -5.12. The van der Waals surface area contributed by atoms with Crippen molar-refractivity contribution in [2.45, 2.75) is 37.6 Å². The second kappa shape index (κ2) is 10.4. The first-order valence-electron chi connectivity index (χ1n) is 12.2. The monoisotopic (exact) mass is 588 g/mol. The number of aryl methyl sites for hydroxylation is 1. The molecule has 3 aromatic carbocycles. The molecular formula is C27H24O15. The molecule has 5 atom stereocenters. The molecule has 0 radical (unpaired) electrons. The molecule has 2 aliphatic heterocycles. The van der Waals surface area contributed by atoms with Crippen molar-refractivity contribution in [3.8, 4) is 57.1 Å². The number of ether oxygens (including phenoxy) is 4. The third-order valence-electron chi connectivity index (χ3n) is 6.75. The molecule has 5 rings (SSSR count). The number of hydrogen-bond acceptors (Lipinski definition) is 15. The zero-order valence-electron chi connectivity index (χ0n) is 21.5. The highest BCUT2D eigenvalue weighted by molar-refractivity contribution is 6.08. The van der Waals surface area contributed by atoms with Crippen molar-refractivity contribution in [1.29, 1.82) is 0 Å². The molecule has 0 aliphatic carbocycles. The maximum absolute atomic E-state index is 13.4. The molecule has 2 heterocycles. The number of aliphatic hydroxyl groups excluding tert-OH is 2. The summed E-state index contributed by atoms with van der Waals surface area (Å²) in [5.41, 5.74) is -2.52. The summed E-state index contributed by atoms with van der Waals surface area (Å²) >= 11 is 0. The number of phenols is 7. The van der Waals surface area contributed by atoms with Crippen LogP contribution in [0.25, 0.3) is 11.1 Å². The smallest absolute Gasteiger partial charge is 0.339 e. The molecule has 2 aliphatic rings. The topological polar surface area (TPSA) is 253 Å². The summed E-state index contributed by atoms with van der Waals surface area (Å²) in [5.74, 6) is -9.69. The van der Waals surface area contributed by atoms with Gasteiger partial charge in [0.05, 0.1) is 11.1 Å². The highest BCUT2D eigenvalue weighted by Gasteiger charge is 2.49. The molecule has 15 heteroatoms. The lowest BCUT2D eigenvalue weighted by Gasteiger charge is -2.41. The number of carbonyl (C=O) groups is 2. The van der Waals surface area contributed by atoms with Crippen molar-refractivity contribution in [2.75, 3.05) is 6.61 Å². The van der Waals surface area contributed by atoms with Crippen LogP contribution in [0.3, 0.4) is 0 Å². The number of phenolic OH excluding ortho intramolecular Hbond substituents is 7. The Morgan fingerprint density at radius 3 is 1.88 bits per heavy atom. The second-order valence-electron chi connectivity index (χ2n) is 9.65. The van der Waals surface area contributed by atoms with Gasteiger partial charge in [-0.2, -0.15) is 0 Å². The maximum Gasteiger partial charge on any atom is 0.339 e. The summed E-state index contributed by atoms with van der Waals surface area (Å²) in [4.78, 5) is 26.6. The van der Waals surface area contributed by atoms with Crippen LogP contribution >= 0.6 is 0 Å². The first-order chi connectivity index (χ1) is 19.8. The third-order valence-corrected chi connectivity index (χ3v) is 6.75. The molecule has 5 unspecified atom stereocenters. The van der Waals surface area contributed by atoms with E-state index in [0.717, 1.165) is 0 Å². The largest absolute Gasteiger partial charge is 0.508 e. The Morgan fingerprint density at radius 2 is 1.31 bits per heavy atom. The summed E-state index contributed by atoms with van der Waals surface area (Å²) < 4.78 is 21.9. The molecular weight excluding hydrogens is 564 g/mol. The summed E-state index contributed by atoms with van der Waals surface area (Å²) in [5, 5.41) is 93.4. The number of hydrogen-bond donors (Lipinski definition) is 9. The minimum Gasteiger partial charge on any atom is -0.508 e. The van der Waals surface area contributed by atoms with Crippen LogP contribution in [-0.4, -0.2) is 95.2 Å². The first kappa shape index (κ1) is 28.4. The average molecular weight is 588 g/mol. The average Bonchev–Trinajstić information content (AvgIpc) is 2.94. The standard InChI is InChI=1S/C27H24O15/c1-8-2-9(28)4-10(3-8)40-27-23(36)22(35)24-15(41-27)7-39-25(37)11-5-13(29)18(31)20(33)16(11)17-12(26(38)42-24)6-14(30)19(32)21(17)34/h2-6,15,22-24,27-36H,7H2,1H3. The number of aliphatic hydroxyl groups is 2. The minimum absolute atomic E-state index is 0.0345. The molecule has 0 aromatic heterocycles. The van der Waals surface area contributed by atoms with Gasteiger partial charge in [-0.15, -0.1) is 0 Å². The van der Waals surface area contributed by atoms with Crippen LogP contribution in [-0.2, 0) is 14.2 Å². The highest BCUT2D eigenvalue weighted by Crippen LogP contribution is 2.52. The van der Waals surface area contributed by atoms with Crippen LogP contribution in [0.5, 0.6) is 46.0 Å². The normalized spacial score (nSPS) is 23.8. The zero-order chi connectivity index (χ0) is 30.6. The van der Waals surface area contributed by atoms with E-state index < -0.39 is 106 Å². The number of aromatic hydroxyl groups is 7. The quantitative estimate of drug-likeness (QED) is 0.148. The summed E-state index contributed by atoms with van der Waals surface area (Å²) in [6.45, 7) is 0.874. The lowest BCUT2D eigenvalue weighted by atomic mass is 9.92. The molecule has 0 spiro atoms. The van der Waals surface area contributed by atoms with E-state index in [0.29, 0.717) is 17.7 Å². The molecule has 0 bridgehead atoms. The summed E-state index contributed by atoms with van der Waals surface area (Å²) in [6.07, 6.45) is -8.75. The van der Waals surface area contributed by atoms with Crippen molar-refractivity contribution < 1.29 is 74.5 Å². The van der Waals surface area contributed by atoms with Gasteiger partial charge in [0.2, 0.25) is 17.8 Å². The molecule has 0 saturated carbocycles. The lowest BCUT2D eigenvalue weighted by molar-refractivity contribution is -0.276. The van der Waals surface area contributed by atoms with Gasteiger partial charge in [-0.05, 0) is 36.8 Å². The molecule has 3 aromatic rings. The Balaban J connectivity index is 1.62. The van der Waals surface area contributed by atoms with Crippen molar-refractivity contribution >= 4 is 11.9 Å². The molecule has 222 valence electrons. The van der Waals surface area contributed by atoms with Gasteiger partial charge in [0.25, 0.3) is 0 Å². The SMILES string of the molecule is Cc1cc(O)cc(OC2OC3COC(=O)c4cc(O)c(O)c(O)c4-c4c(cc(O)c(O)c4O)C(=O)OC3C(O)C2O)c1. The van der Waals surface area contributed by atoms with Crippen molar-refractivity contribution in [1.82, 2.24) is 0 Å². The van der Waals surface area contributed by atoms with Gasteiger partial charge in [0.1, 0.15) is 36.4 Å². The lowest BCUT2D eigenvalue weighted by Crippen LogP contribution is -2.61. The fourth-order valence-electron chi connectivity index (χ4n) is 4.75. The first-order valence-corrected chi connectivity index (χ1v) is 12.2.